The van der Waals surface area contributed by atoms with Crippen LogP contribution in [0.1, 0.15) is 25.0 Å². The average Bonchev–Trinajstić information content (AvgIpc) is 2.94. The van der Waals surface area contributed by atoms with Gasteiger partial charge in [0.1, 0.15) is 24.1 Å². The lowest BCUT2D eigenvalue weighted by molar-refractivity contribution is -0.139. The summed E-state index contributed by atoms with van der Waals surface area (Å²) in [6.07, 6.45) is 0. The fourth-order valence-corrected chi connectivity index (χ4v) is 5.44. The third-order valence-corrected chi connectivity index (χ3v) is 8.02. The first-order valence-corrected chi connectivity index (χ1v) is 14.0. The summed E-state index contributed by atoms with van der Waals surface area (Å²) in [6, 6.07) is 19.3. The molecule has 0 saturated heterocycles. The van der Waals surface area contributed by atoms with Crippen molar-refractivity contribution in [2.24, 2.45) is 0 Å². The van der Waals surface area contributed by atoms with E-state index in [4.69, 9.17) is 9.47 Å². The van der Waals surface area contributed by atoms with Crippen molar-refractivity contribution < 1.29 is 27.5 Å². The maximum absolute atomic E-state index is 14.0. The summed E-state index contributed by atoms with van der Waals surface area (Å²) in [4.78, 5) is 27.9. The second kappa shape index (κ2) is 13.1. The third kappa shape index (κ3) is 7.08. The van der Waals surface area contributed by atoms with Crippen LogP contribution >= 0.6 is 0 Å². The van der Waals surface area contributed by atoms with Crippen molar-refractivity contribution in [2.45, 2.75) is 38.3 Å². The van der Waals surface area contributed by atoms with Crippen LogP contribution in [0, 0.1) is 6.92 Å². The average molecular weight is 554 g/mol. The van der Waals surface area contributed by atoms with Gasteiger partial charge in [-0.25, -0.2) is 8.42 Å². The highest BCUT2D eigenvalue weighted by Gasteiger charge is 2.33. The molecule has 0 aromatic heterocycles. The Kier molecular flexibility index (Phi) is 9.95. The monoisotopic (exact) mass is 553 g/mol. The summed E-state index contributed by atoms with van der Waals surface area (Å²) in [6.45, 7) is 5.11. The quantitative estimate of drug-likeness (QED) is 0.366. The number of rotatable bonds is 12. The summed E-state index contributed by atoms with van der Waals surface area (Å²) >= 11 is 0. The molecule has 0 aliphatic carbocycles. The van der Waals surface area contributed by atoms with Crippen LogP contribution < -0.4 is 19.1 Å². The highest BCUT2D eigenvalue weighted by molar-refractivity contribution is 7.92. The topological polar surface area (TPSA) is 105 Å². The van der Waals surface area contributed by atoms with E-state index in [-0.39, 0.29) is 23.0 Å². The molecule has 2 amide bonds. The molecule has 208 valence electrons. The molecule has 9 nitrogen and oxygen atoms in total. The number of hydrogen-bond donors (Lipinski definition) is 1. The van der Waals surface area contributed by atoms with Gasteiger partial charge in [-0.3, -0.25) is 13.9 Å². The van der Waals surface area contributed by atoms with Crippen molar-refractivity contribution in [1.29, 1.82) is 0 Å². The lowest BCUT2D eigenvalue weighted by atomic mass is 10.1. The Morgan fingerprint density at radius 1 is 0.974 bits per heavy atom. The van der Waals surface area contributed by atoms with E-state index >= 15 is 0 Å². The number of benzene rings is 3. The number of para-hydroxylation sites is 2. The maximum atomic E-state index is 14.0. The van der Waals surface area contributed by atoms with E-state index in [1.807, 2.05) is 6.92 Å². The molecule has 3 aromatic carbocycles. The zero-order valence-corrected chi connectivity index (χ0v) is 23.7. The minimum atomic E-state index is -4.18. The summed E-state index contributed by atoms with van der Waals surface area (Å²) < 4.78 is 39.9. The predicted molar refractivity (Wildman–Crippen MR) is 150 cm³/mol. The van der Waals surface area contributed by atoms with Crippen LogP contribution in [0.2, 0.25) is 0 Å². The van der Waals surface area contributed by atoms with E-state index in [2.05, 4.69) is 5.32 Å². The zero-order valence-electron chi connectivity index (χ0n) is 22.9. The van der Waals surface area contributed by atoms with Gasteiger partial charge in [-0.1, -0.05) is 42.0 Å². The fraction of sp³-hybridized carbons (Fsp3) is 0.310. The molecule has 3 aromatic rings. The second-order valence-corrected chi connectivity index (χ2v) is 10.7. The van der Waals surface area contributed by atoms with Crippen LogP contribution in [0.25, 0.3) is 0 Å². The van der Waals surface area contributed by atoms with Gasteiger partial charge in [0, 0.05) is 13.6 Å². The highest BCUT2D eigenvalue weighted by atomic mass is 32.2. The van der Waals surface area contributed by atoms with Crippen molar-refractivity contribution in [3.63, 3.8) is 0 Å². The van der Waals surface area contributed by atoms with Crippen LogP contribution in [-0.2, 0) is 26.2 Å². The SMILES string of the molecule is CCOc1ccccc1N(CC(=O)N(Cc1ccc(OC)cc1)C(C)C(=O)NC)S(=O)(=O)c1ccc(C)cc1. The summed E-state index contributed by atoms with van der Waals surface area (Å²) in [5, 5.41) is 2.57. The van der Waals surface area contributed by atoms with Gasteiger partial charge >= 0.3 is 0 Å². The van der Waals surface area contributed by atoms with Gasteiger partial charge in [0.25, 0.3) is 10.0 Å². The highest BCUT2D eigenvalue weighted by Crippen LogP contribution is 2.33. The molecule has 3 rings (SSSR count). The molecular formula is C29H35N3O6S. The largest absolute Gasteiger partial charge is 0.497 e. The predicted octanol–water partition coefficient (Wildman–Crippen LogP) is 3.76. The molecule has 0 bridgehead atoms. The number of methoxy groups -OCH3 is 1. The number of carbonyl (C=O) groups is 2. The van der Waals surface area contributed by atoms with Crippen LogP contribution in [-0.4, -0.2) is 58.5 Å². The number of hydrogen-bond acceptors (Lipinski definition) is 6. The molecule has 0 aliphatic rings. The summed E-state index contributed by atoms with van der Waals surface area (Å²) in [5.74, 6) is 0.0480. The number of ether oxygens (including phenoxy) is 2. The summed E-state index contributed by atoms with van der Waals surface area (Å²) in [5.41, 5.74) is 1.88. The number of nitrogens with one attached hydrogen (secondary N) is 1. The van der Waals surface area contributed by atoms with E-state index < -0.39 is 28.5 Å². The minimum absolute atomic E-state index is 0.0354. The van der Waals surface area contributed by atoms with E-state index in [9.17, 15) is 18.0 Å². The summed E-state index contributed by atoms with van der Waals surface area (Å²) in [7, 11) is -1.14. The van der Waals surface area contributed by atoms with Crippen LogP contribution in [0.15, 0.2) is 77.7 Å². The molecule has 10 heteroatoms. The third-order valence-electron chi connectivity index (χ3n) is 6.25. The Balaban J connectivity index is 2.07. The first-order chi connectivity index (χ1) is 18.6. The molecule has 0 spiro atoms. The van der Waals surface area contributed by atoms with Gasteiger partial charge in [-0.2, -0.15) is 0 Å². The van der Waals surface area contributed by atoms with Gasteiger partial charge in [-0.05, 0) is 62.7 Å². The second-order valence-electron chi connectivity index (χ2n) is 8.89. The number of aryl methyl sites for hydroxylation is 1. The van der Waals surface area contributed by atoms with Crippen LogP contribution in [0.3, 0.4) is 0 Å². The maximum Gasteiger partial charge on any atom is 0.264 e. The Hall–Kier alpha value is -4.05. The van der Waals surface area contributed by atoms with Crippen molar-refractivity contribution in [2.75, 3.05) is 31.6 Å². The zero-order chi connectivity index (χ0) is 28.6. The van der Waals surface area contributed by atoms with E-state index in [0.717, 1.165) is 15.4 Å². The van der Waals surface area contributed by atoms with Gasteiger partial charge in [0.05, 0.1) is 24.3 Å². The van der Waals surface area contributed by atoms with Gasteiger partial charge in [0.2, 0.25) is 11.8 Å². The molecule has 0 saturated carbocycles. The standard InChI is InChI=1S/C29H35N3O6S/c1-6-38-27-10-8-7-9-26(27)32(39(35,36)25-17-11-21(2)12-18-25)20-28(33)31(22(3)29(34)30-4)19-23-13-15-24(37-5)16-14-23/h7-18,22H,6,19-20H2,1-5H3,(H,30,34). The van der Waals surface area contributed by atoms with Gasteiger partial charge in [0.15, 0.2) is 0 Å². The van der Waals surface area contributed by atoms with Crippen LogP contribution in [0.4, 0.5) is 5.69 Å². The van der Waals surface area contributed by atoms with E-state index in [0.29, 0.717) is 18.1 Å². The Bertz CT molecular complexity index is 1370. The number of amides is 2. The molecule has 0 fully saturated rings. The number of sulfonamides is 1. The van der Waals surface area contributed by atoms with Gasteiger partial charge < -0.3 is 19.7 Å². The lowest BCUT2D eigenvalue weighted by Gasteiger charge is -2.32. The molecular weight excluding hydrogens is 518 g/mol. The Morgan fingerprint density at radius 3 is 2.21 bits per heavy atom. The molecule has 1 atom stereocenters. The Morgan fingerprint density at radius 2 is 1.62 bits per heavy atom. The van der Waals surface area contributed by atoms with Crippen LogP contribution in [0.5, 0.6) is 11.5 Å². The minimum Gasteiger partial charge on any atom is -0.497 e. The number of carbonyl (C=O) groups excluding carboxylic acids is 2. The normalized spacial score (nSPS) is 11.8. The molecule has 0 radical (unpaired) electrons. The molecule has 0 heterocycles. The fourth-order valence-electron chi connectivity index (χ4n) is 4.01. The first-order valence-electron chi connectivity index (χ1n) is 12.6. The van der Waals surface area contributed by atoms with E-state index in [1.165, 1.54) is 24.1 Å². The molecule has 39 heavy (non-hydrogen) atoms. The van der Waals surface area contributed by atoms with Crippen molar-refractivity contribution >= 4 is 27.5 Å². The number of likely N-dealkylation sites (N-methyl/N-ethyl adjacent to an activating group) is 1. The molecule has 1 N–H and O–H groups in total. The smallest absolute Gasteiger partial charge is 0.264 e. The van der Waals surface area contributed by atoms with E-state index in [1.54, 1.807) is 81.6 Å². The van der Waals surface area contributed by atoms with Crippen molar-refractivity contribution in [3.05, 3.63) is 83.9 Å². The number of anilines is 1. The van der Waals surface area contributed by atoms with Gasteiger partial charge in [-0.15, -0.1) is 0 Å². The first kappa shape index (κ1) is 29.5. The molecule has 1 unspecified atom stereocenters. The molecule has 0 aliphatic heterocycles. The lowest BCUT2D eigenvalue weighted by Crippen LogP contribution is -2.50. The number of nitrogens with zero attached hydrogens (tertiary/aromatic N) is 2. The van der Waals surface area contributed by atoms with Crippen molar-refractivity contribution in [3.8, 4) is 11.5 Å². The van der Waals surface area contributed by atoms with Crippen molar-refractivity contribution in [1.82, 2.24) is 10.2 Å². The Labute approximate surface area is 230 Å².